The quantitative estimate of drug-likeness (QED) is 0.560. The molecule has 3 aromatic carbocycles. The van der Waals surface area contributed by atoms with Crippen LogP contribution in [0.15, 0.2) is 77.7 Å². The first-order chi connectivity index (χ1) is 15.0. The fraction of sp³-hybridized carbons (Fsp3) is 0.174. The van der Waals surface area contributed by atoms with Crippen LogP contribution in [0, 0.1) is 0 Å². The number of anilines is 1. The SMILES string of the molecule is O=C(NOCc1ccccc1)c1cc(S(=O)(=O)N2CCCc3ccccc32)ccc1Cl. The van der Waals surface area contributed by atoms with Gasteiger partial charge in [-0.25, -0.2) is 13.9 Å². The average Bonchev–Trinajstić information content (AvgIpc) is 2.79. The van der Waals surface area contributed by atoms with Gasteiger partial charge in [0, 0.05) is 6.54 Å². The molecule has 0 spiro atoms. The van der Waals surface area contributed by atoms with Gasteiger partial charge in [0.05, 0.1) is 27.8 Å². The second kappa shape index (κ2) is 9.09. The minimum Gasteiger partial charge on any atom is -0.269 e. The Labute approximate surface area is 186 Å². The van der Waals surface area contributed by atoms with Gasteiger partial charge in [-0.1, -0.05) is 60.1 Å². The van der Waals surface area contributed by atoms with Crippen molar-refractivity contribution in [1.29, 1.82) is 0 Å². The summed E-state index contributed by atoms with van der Waals surface area (Å²) in [5, 5.41) is 0.138. The number of fused-ring (bicyclic) bond motifs is 1. The molecule has 0 aliphatic carbocycles. The summed E-state index contributed by atoms with van der Waals surface area (Å²) in [4.78, 5) is 17.8. The molecule has 0 atom stereocenters. The minimum absolute atomic E-state index is 0.00168. The monoisotopic (exact) mass is 456 g/mol. The smallest absolute Gasteiger partial charge is 0.269 e. The Balaban J connectivity index is 1.55. The van der Waals surface area contributed by atoms with Gasteiger partial charge in [-0.05, 0) is 48.2 Å². The molecule has 0 saturated heterocycles. The molecule has 1 aliphatic heterocycles. The van der Waals surface area contributed by atoms with Gasteiger partial charge in [-0.3, -0.25) is 13.9 Å². The first kappa shape index (κ1) is 21.4. The summed E-state index contributed by atoms with van der Waals surface area (Å²) in [6.45, 7) is 0.552. The zero-order valence-electron chi connectivity index (χ0n) is 16.6. The van der Waals surface area contributed by atoms with Crippen molar-refractivity contribution < 1.29 is 18.0 Å². The molecule has 0 fully saturated rings. The van der Waals surface area contributed by atoms with Gasteiger partial charge < -0.3 is 0 Å². The van der Waals surface area contributed by atoms with Gasteiger partial charge in [0.25, 0.3) is 15.9 Å². The fourth-order valence-electron chi connectivity index (χ4n) is 3.53. The van der Waals surface area contributed by atoms with E-state index in [1.54, 1.807) is 6.07 Å². The van der Waals surface area contributed by atoms with E-state index in [0.29, 0.717) is 12.2 Å². The van der Waals surface area contributed by atoms with Crippen LogP contribution < -0.4 is 9.79 Å². The Morgan fingerprint density at radius 2 is 1.77 bits per heavy atom. The van der Waals surface area contributed by atoms with E-state index >= 15 is 0 Å². The maximum absolute atomic E-state index is 13.4. The number of hydrogen-bond donors (Lipinski definition) is 1. The highest BCUT2D eigenvalue weighted by Crippen LogP contribution is 2.32. The molecule has 31 heavy (non-hydrogen) atoms. The Morgan fingerprint density at radius 1 is 1.03 bits per heavy atom. The van der Waals surface area contributed by atoms with E-state index in [1.807, 2.05) is 48.5 Å². The molecular weight excluding hydrogens is 436 g/mol. The predicted molar refractivity (Wildman–Crippen MR) is 119 cm³/mol. The van der Waals surface area contributed by atoms with Gasteiger partial charge >= 0.3 is 0 Å². The van der Waals surface area contributed by atoms with Crippen LogP contribution in [0.5, 0.6) is 0 Å². The number of para-hydroxylation sites is 1. The van der Waals surface area contributed by atoms with Crippen molar-refractivity contribution in [1.82, 2.24) is 5.48 Å². The highest BCUT2D eigenvalue weighted by atomic mass is 35.5. The van der Waals surface area contributed by atoms with Crippen LogP contribution in [0.4, 0.5) is 5.69 Å². The van der Waals surface area contributed by atoms with Crippen LogP contribution in [0.3, 0.4) is 0 Å². The molecule has 8 heteroatoms. The Bertz CT molecular complexity index is 1200. The molecule has 1 N–H and O–H groups in total. The molecule has 0 bridgehead atoms. The zero-order chi connectivity index (χ0) is 21.8. The Kier molecular flexibility index (Phi) is 6.27. The third-order valence-corrected chi connectivity index (χ3v) is 7.22. The molecular formula is C23H21ClN2O4S. The number of amides is 1. The maximum atomic E-state index is 13.4. The van der Waals surface area contributed by atoms with E-state index in [9.17, 15) is 13.2 Å². The topological polar surface area (TPSA) is 75.7 Å². The number of rotatable bonds is 6. The summed E-state index contributed by atoms with van der Waals surface area (Å²) in [6, 6.07) is 20.9. The van der Waals surface area contributed by atoms with Gasteiger partial charge in [0.2, 0.25) is 0 Å². The van der Waals surface area contributed by atoms with Crippen LogP contribution in [0.25, 0.3) is 0 Å². The summed E-state index contributed by atoms with van der Waals surface area (Å²) < 4.78 is 28.1. The third-order valence-electron chi connectivity index (χ3n) is 5.08. The molecule has 1 heterocycles. The van der Waals surface area contributed by atoms with E-state index < -0.39 is 15.9 Å². The number of hydrogen-bond acceptors (Lipinski definition) is 4. The molecule has 1 aliphatic rings. The first-order valence-electron chi connectivity index (χ1n) is 9.83. The van der Waals surface area contributed by atoms with E-state index in [2.05, 4.69) is 5.48 Å². The number of sulfonamides is 1. The highest BCUT2D eigenvalue weighted by Gasteiger charge is 2.30. The molecule has 4 rings (SSSR count). The van der Waals surface area contributed by atoms with Gasteiger partial charge in [-0.2, -0.15) is 0 Å². The number of nitrogens with zero attached hydrogens (tertiary/aromatic N) is 1. The Hall–Kier alpha value is -2.87. The molecule has 6 nitrogen and oxygen atoms in total. The summed E-state index contributed by atoms with van der Waals surface area (Å²) in [5.41, 5.74) is 4.89. The van der Waals surface area contributed by atoms with Gasteiger partial charge in [0.1, 0.15) is 0 Å². The first-order valence-corrected chi connectivity index (χ1v) is 11.6. The van der Waals surface area contributed by atoms with Crippen LogP contribution >= 0.6 is 11.6 Å². The van der Waals surface area contributed by atoms with Crippen molar-refractivity contribution in [2.75, 3.05) is 10.8 Å². The van der Waals surface area contributed by atoms with Crippen molar-refractivity contribution in [3.05, 3.63) is 94.5 Å². The standard InChI is InChI=1S/C23H21ClN2O4S/c24-21-13-12-19(15-20(21)23(27)25-30-16-17-7-2-1-3-8-17)31(28,29)26-14-6-10-18-9-4-5-11-22(18)26/h1-5,7-9,11-13,15H,6,10,14,16H2,(H,25,27). The number of nitrogens with one attached hydrogen (secondary N) is 1. The number of aryl methyl sites for hydroxylation is 1. The summed E-state index contributed by atoms with van der Waals surface area (Å²) in [7, 11) is -3.86. The van der Waals surface area contributed by atoms with E-state index in [-0.39, 0.29) is 22.1 Å². The predicted octanol–water partition coefficient (Wildman–Crippen LogP) is 4.34. The van der Waals surface area contributed by atoms with Crippen LogP contribution in [-0.2, 0) is 27.9 Å². The molecule has 0 aromatic heterocycles. The van der Waals surface area contributed by atoms with E-state index in [0.717, 1.165) is 24.0 Å². The molecule has 0 radical (unpaired) electrons. The largest absolute Gasteiger partial charge is 0.276 e. The van der Waals surface area contributed by atoms with Gasteiger partial charge in [-0.15, -0.1) is 0 Å². The van der Waals surface area contributed by atoms with Crippen molar-refractivity contribution in [2.45, 2.75) is 24.3 Å². The van der Waals surface area contributed by atoms with Gasteiger partial charge in [0.15, 0.2) is 0 Å². The number of hydroxylamine groups is 1. The van der Waals surface area contributed by atoms with E-state index in [4.69, 9.17) is 16.4 Å². The molecule has 1 amide bonds. The number of benzene rings is 3. The minimum atomic E-state index is -3.86. The molecule has 0 saturated carbocycles. The van der Waals surface area contributed by atoms with Crippen molar-refractivity contribution >= 4 is 33.2 Å². The fourth-order valence-corrected chi connectivity index (χ4v) is 5.30. The third kappa shape index (κ3) is 4.58. The van der Waals surface area contributed by atoms with Crippen LogP contribution in [-0.4, -0.2) is 20.9 Å². The van der Waals surface area contributed by atoms with Crippen molar-refractivity contribution in [3.8, 4) is 0 Å². The lowest BCUT2D eigenvalue weighted by Gasteiger charge is -2.30. The van der Waals surface area contributed by atoms with Crippen LogP contribution in [0.1, 0.15) is 27.9 Å². The summed E-state index contributed by atoms with van der Waals surface area (Å²) >= 11 is 6.18. The number of halogens is 1. The lowest BCUT2D eigenvalue weighted by Crippen LogP contribution is -2.35. The molecule has 3 aromatic rings. The number of carbonyl (C=O) groups is 1. The highest BCUT2D eigenvalue weighted by molar-refractivity contribution is 7.92. The lowest BCUT2D eigenvalue weighted by molar-refractivity contribution is 0.0233. The average molecular weight is 457 g/mol. The van der Waals surface area contributed by atoms with Crippen LogP contribution in [0.2, 0.25) is 5.02 Å². The Morgan fingerprint density at radius 3 is 2.58 bits per heavy atom. The van der Waals surface area contributed by atoms with Crippen molar-refractivity contribution in [3.63, 3.8) is 0 Å². The normalized spacial score (nSPS) is 13.5. The second-order valence-corrected chi connectivity index (χ2v) is 9.43. The van der Waals surface area contributed by atoms with Crippen molar-refractivity contribution in [2.24, 2.45) is 0 Å². The zero-order valence-corrected chi connectivity index (χ0v) is 18.2. The second-order valence-electron chi connectivity index (χ2n) is 7.16. The van der Waals surface area contributed by atoms with E-state index in [1.165, 1.54) is 22.5 Å². The maximum Gasteiger partial charge on any atom is 0.276 e. The number of carbonyl (C=O) groups excluding carboxylic acids is 1. The lowest BCUT2D eigenvalue weighted by atomic mass is 10.0. The molecule has 160 valence electrons. The summed E-state index contributed by atoms with van der Waals surface area (Å²) in [5.74, 6) is -0.614. The summed E-state index contributed by atoms with van der Waals surface area (Å²) in [6.07, 6.45) is 1.56. The molecule has 0 unspecified atom stereocenters.